The Kier molecular flexibility index (Phi) is 3.19. The Bertz CT molecular complexity index is 637. The Hall–Kier alpha value is -1.80. The van der Waals surface area contributed by atoms with Crippen molar-refractivity contribution in [1.29, 1.82) is 0 Å². The molecule has 2 aliphatic rings. The van der Waals surface area contributed by atoms with Gasteiger partial charge in [0.1, 0.15) is 18.0 Å². The minimum atomic E-state index is -0.551. The van der Waals surface area contributed by atoms with Crippen LogP contribution in [0.1, 0.15) is 41.2 Å². The summed E-state index contributed by atoms with van der Waals surface area (Å²) in [6.45, 7) is 0. The molecule has 2 aromatic carbocycles. The van der Waals surface area contributed by atoms with Crippen LogP contribution in [0.15, 0.2) is 42.5 Å². The van der Waals surface area contributed by atoms with Crippen LogP contribution in [-0.4, -0.2) is 11.2 Å². The zero-order valence-corrected chi connectivity index (χ0v) is 12.1. The van der Waals surface area contributed by atoms with E-state index >= 15 is 0 Å². The normalized spacial score (nSPS) is 21.3. The molecule has 0 fully saturated rings. The maximum absolute atomic E-state index is 10.7. The van der Waals surface area contributed by atoms with Gasteiger partial charge in [-0.05, 0) is 54.0 Å². The number of benzene rings is 2. The Morgan fingerprint density at radius 1 is 0.952 bits per heavy atom. The van der Waals surface area contributed by atoms with Gasteiger partial charge in [-0.1, -0.05) is 36.4 Å². The van der Waals surface area contributed by atoms with Gasteiger partial charge < -0.3 is 9.84 Å². The van der Waals surface area contributed by atoms with Crippen LogP contribution in [0.5, 0.6) is 5.75 Å². The fraction of sp³-hybridized carbons (Fsp3) is 0.368. The van der Waals surface area contributed by atoms with E-state index in [0.29, 0.717) is 0 Å². The van der Waals surface area contributed by atoms with Crippen molar-refractivity contribution in [2.75, 3.05) is 0 Å². The average molecular weight is 280 g/mol. The van der Waals surface area contributed by atoms with E-state index in [2.05, 4.69) is 24.3 Å². The molecule has 2 atom stereocenters. The van der Waals surface area contributed by atoms with Crippen molar-refractivity contribution >= 4 is 0 Å². The van der Waals surface area contributed by atoms with Gasteiger partial charge in [-0.25, -0.2) is 0 Å². The minimum Gasteiger partial charge on any atom is -0.487 e. The molecule has 0 saturated heterocycles. The molecule has 0 amide bonds. The molecule has 0 spiro atoms. The third kappa shape index (κ3) is 2.34. The van der Waals surface area contributed by atoms with Crippen molar-refractivity contribution in [2.24, 2.45) is 0 Å². The second-order valence-electron chi connectivity index (χ2n) is 6.15. The van der Waals surface area contributed by atoms with E-state index in [-0.39, 0.29) is 6.10 Å². The van der Waals surface area contributed by atoms with Crippen LogP contribution in [0.3, 0.4) is 0 Å². The Morgan fingerprint density at radius 2 is 1.76 bits per heavy atom. The lowest BCUT2D eigenvalue weighted by Gasteiger charge is -2.22. The third-order valence-electron chi connectivity index (χ3n) is 4.74. The van der Waals surface area contributed by atoms with Gasteiger partial charge in [-0.3, -0.25) is 0 Å². The smallest absolute Gasteiger partial charge is 0.133 e. The van der Waals surface area contributed by atoms with Crippen LogP contribution in [0.25, 0.3) is 0 Å². The lowest BCUT2D eigenvalue weighted by atomic mass is 9.88. The Balaban J connectivity index is 1.57. The maximum Gasteiger partial charge on any atom is 0.133 e. The van der Waals surface area contributed by atoms with Crippen LogP contribution in [-0.2, 0) is 19.3 Å². The van der Waals surface area contributed by atoms with Gasteiger partial charge in [0.15, 0.2) is 0 Å². The molecule has 1 aliphatic carbocycles. The number of aliphatic hydroxyl groups is 1. The monoisotopic (exact) mass is 280 g/mol. The molecule has 108 valence electrons. The van der Waals surface area contributed by atoms with E-state index in [1.54, 1.807) is 0 Å². The number of aliphatic hydroxyl groups excluding tert-OH is 1. The highest BCUT2D eigenvalue weighted by Crippen LogP contribution is 2.35. The molecule has 1 N–H and O–H groups in total. The van der Waals surface area contributed by atoms with Gasteiger partial charge in [0.2, 0.25) is 0 Å². The van der Waals surface area contributed by atoms with Gasteiger partial charge in [0, 0.05) is 6.42 Å². The second-order valence-corrected chi connectivity index (χ2v) is 6.15. The first-order valence-corrected chi connectivity index (χ1v) is 7.85. The summed E-state index contributed by atoms with van der Waals surface area (Å²) in [6.07, 6.45) is 4.94. The number of aryl methyl sites for hydroxylation is 2. The molecule has 2 nitrogen and oxygen atoms in total. The molecule has 1 heterocycles. The molecular weight excluding hydrogens is 260 g/mol. The molecule has 2 heteroatoms. The van der Waals surface area contributed by atoms with Crippen molar-refractivity contribution in [2.45, 2.75) is 44.3 Å². The van der Waals surface area contributed by atoms with Crippen molar-refractivity contribution < 1.29 is 9.84 Å². The summed E-state index contributed by atoms with van der Waals surface area (Å²) >= 11 is 0. The van der Waals surface area contributed by atoms with E-state index in [4.69, 9.17) is 4.74 Å². The van der Waals surface area contributed by atoms with Crippen LogP contribution >= 0.6 is 0 Å². The van der Waals surface area contributed by atoms with E-state index in [1.165, 1.54) is 36.0 Å². The summed E-state index contributed by atoms with van der Waals surface area (Å²) in [5, 5.41) is 10.7. The van der Waals surface area contributed by atoms with Gasteiger partial charge in [0.05, 0.1) is 0 Å². The topological polar surface area (TPSA) is 29.5 Å². The van der Waals surface area contributed by atoms with Crippen molar-refractivity contribution in [3.05, 3.63) is 64.7 Å². The lowest BCUT2D eigenvalue weighted by Crippen LogP contribution is -2.23. The summed E-state index contributed by atoms with van der Waals surface area (Å²) in [6, 6.07) is 14.5. The molecule has 0 bridgehead atoms. The fourth-order valence-electron chi connectivity index (χ4n) is 3.54. The van der Waals surface area contributed by atoms with Crippen LogP contribution in [0, 0.1) is 0 Å². The summed E-state index contributed by atoms with van der Waals surface area (Å²) < 4.78 is 5.92. The highest BCUT2D eigenvalue weighted by Gasteiger charge is 2.30. The predicted octanol–water partition coefficient (Wildman–Crippen LogP) is 3.60. The van der Waals surface area contributed by atoms with E-state index in [1.807, 2.05) is 18.2 Å². The number of ether oxygens (including phenoxy) is 1. The molecule has 1 aliphatic heterocycles. The molecule has 0 radical (unpaired) electrons. The number of fused-ring (bicyclic) bond motifs is 2. The van der Waals surface area contributed by atoms with Crippen molar-refractivity contribution in [3.8, 4) is 5.75 Å². The quantitative estimate of drug-likeness (QED) is 0.910. The van der Waals surface area contributed by atoms with Crippen molar-refractivity contribution in [1.82, 2.24) is 0 Å². The van der Waals surface area contributed by atoms with Crippen LogP contribution in [0.2, 0.25) is 0 Å². The standard InChI is InChI=1S/C19H20O2/c20-19(18-12-15-7-3-4-8-17(15)21-18)16-10-9-13-5-1-2-6-14(13)11-16/h3-4,7-11,18-20H,1-2,5-6,12H2. The zero-order valence-electron chi connectivity index (χ0n) is 12.1. The number of hydrogen-bond donors (Lipinski definition) is 1. The lowest BCUT2D eigenvalue weighted by molar-refractivity contribution is 0.0491. The van der Waals surface area contributed by atoms with Crippen LogP contribution in [0.4, 0.5) is 0 Å². The molecular formula is C19H20O2. The molecule has 4 rings (SSSR count). The largest absolute Gasteiger partial charge is 0.487 e. The third-order valence-corrected chi connectivity index (χ3v) is 4.74. The second kappa shape index (κ2) is 5.19. The number of para-hydroxylation sites is 1. The maximum atomic E-state index is 10.7. The molecule has 2 unspecified atom stereocenters. The Morgan fingerprint density at radius 3 is 2.62 bits per heavy atom. The van der Waals surface area contributed by atoms with Gasteiger partial charge in [-0.15, -0.1) is 0 Å². The predicted molar refractivity (Wildman–Crippen MR) is 82.6 cm³/mol. The van der Waals surface area contributed by atoms with E-state index in [0.717, 1.165) is 24.2 Å². The summed E-state index contributed by atoms with van der Waals surface area (Å²) in [4.78, 5) is 0. The molecule has 0 saturated carbocycles. The van der Waals surface area contributed by atoms with Gasteiger partial charge in [-0.2, -0.15) is 0 Å². The highest BCUT2D eigenvalue weighted by molar-refractivity contribution is 5.40. The molecule has 0 aromatic heterocycles. The van der Waals surface area contributed by atoms with E-state index < -0.39 is 6.10 Å². The number of hydrogen-bond acceptors (Lipinski definition) is 2. The average Bonchev–Trinajstić information content (AvgIpc) is 2.97. The summed E-state index contributed by atoms with van der Waals surface area (Å²) in [7, 11) is 0. The van der Waals surface area contributed by atoms with Gasteiger partial charge in [0.25, 0.3) is 0 Å². The summed E-state index contributed by atoms with van der Waals surface area (Å²) in [5.74, 6) is 0.916. The Labute approximate surface area is 125 Å². The SMILES string of the molecule is OC(c1ccc2c(c1)CCCC2)C1Cc2ccccc2O1. The number of rotatable bonds is 2. The summed E-state index contributed by atoms with van der Waals surface area (Å²) in [5.41, 5.74) is 5.05. The minimum absolute atomic E-state index is 0.163. The fourth-order valence-corrected chi connectivity index (χ4v) is 3.54. The van der Waals surface area contributed by atoms with E-state index in [9.17, 15) is 5.11 Å². The first-order chi connectivity index (χ1) is 10.3. The first-order valence-electron chi connectivity index (χ1n) is 7.85. The van der Waals surface area contributed by atoms with Crippen molar-refractivity contribution in [3.63, 3.8) is 0 Å². The highest BCUT2D eigenvalue weighted by atomic mass is 16.5. The molecule has 21 heavy (non-hydrogen) atoms. The van der Waals surface area contributed by atoms with Crippen LogP contribution < -0.4 is 4.74 Å². The first kappa shape index (κ1) is 12.9. The molecule has 2 aromatic rings. The van der Waals surface area contributed by atoms with Gasteiger partial charge >= 0.3 is 0 Å². The zero-order chi connectivity index (χ0) is 14.2.